The number of hydrogen-bond donors (Lipinski definition) is 1. The molecule has 1 heterocycles. The van der Waals surface area contributed by atoms with Crippen molar-refractivity contribution in [2.24, 2.45) is 5.92 Å². The van der Waals surface area contributed by atoms with Gasteiger partial charge in [-0.15, -0.1) is 0 Å². The molecule has 1 rings (SSSR count). The molecule has 20 heavy (non-hydrogen) atoms. The second-order valence-corrected chi connectivity index (χ2v) is 5.46. The lowest BCUT2D eigenvalue weighted by atomic mass is 9.98. The van der Waals surface area contributed by atoms with E-state index in [1.54, 1.807) is 0 Å². The number of hydrogen-bond acceptors (Lipinski definition) is 4. The number of nitrogens with one attached hydrogen (secondary N) is 1. The van der Waals surface area contributed by atoms with Gasteiger partial charge in [0.05, 0.1) is 0 Å². The maximum absolute atomic E-state index is 5.52. The van der Waals surface area contributed by atoms with Crippen LogP contribution in [0.5, 0.6) is 0 Å². The number of rotatable bonds is 9. The Morgan fingerprint density at radius 3 is 2.35 bits per heavy atom. The van der Waals surface area contributed by atoms with Crippen LogP contribution in [0.4, 0.5) is 0 Å². The van der Waals surface area contributed by atoms with Gasteiger partial charge in [0, 0.05) is 18.0 Å². The van der Waals surface area contributed by atoms with Crippen molar-refractivity contribution in [2.75, 3.05) is 19.7 Å². The normalized spacial score (nSPS) is 12.7. The number of aromatic nitrogens is 2. The molecule has 0 bridgehead atoms. The number of aryl methyl sites for hydroxylation is 2. The Balaban J connectivity index is 2.68. The summed E-state index contributed by atoms with van der Waals surface area (Å²) in [5.41, 5.74) is 3.47. The molecule has 0 fully saturated rings. The molecule has 4 nitrogen and oxygen atoms in total. The fourth-order valence-electron chi connectivity index (χ4n) is 2.29. The van der Waals surface area contributed by atoms with E-state index < -0.39 is 0 Å². The van der Waals surface area contributed by atoms with Crippen LogP contribution in [0.3, 0.4) is 0 Å². The van der Waals surface area contributed by atoms with Gasteiger partial charge in [-0.3, -0.25) is 0 Å². The minimum absolute atomic E-state index is 0.517. The van der Waals surface area contributed by atoms with Crippen LogP contribution < -0.4 is 5.32 Å². The SMILES string of the molecule is CCCOCc1nc(C)c(CC(C)CNCC)c(C)n1. The number of ether oxygens (including phenoxy) is 1. The molecule has 0 aliphatic carbocycles. The van der Waals surface area contributed by atoms with Gasteiger partial charge in [-0.1, -0.05) is 20.8 Å². The van der Waals surface area contributed by atoms with Gasteiger partial charge in [-0.2, -0.15) is 0 Å². The third-order valence-corrected chi connectivity index (χ3v) is 3.34. The summed E-state index contributed by atoms with van der Waals surface area (Å²) in [6.45, 7) is 14.0. The first-order valence-electron chi connectivity index (χ1n) is 7.69. The highest BCUT2D eigenvalue weighted by molar-refractivity contribution is 5.24. The van der Waals surface area contributed by atoms with E-state index >= 15 is 0 Å². The van der Waals surface area contributed by atoms with Crippen molar-refractivity contribution < 1.29 is 4.74 Å². The second kappa shape index (κ2) is 9.03. The molecule has 1 unspecified atom stereocenters. The third kappa shape index (κ3) is 5.55. The quantitative estimate of drug-likeness (QED) is 0.706. The summed E-state index contributed by atoms with van der Waals surface area (Å²) < 4.78 is 5.52. The summed E-state index contributed by atoms with van der Waals surface area (Å²) in [5, 5.41) is 3.39. The van der Waals surface area contributed by atoms with E-state index in [-0.39, 0.29) is 0 Å². The van der Waals surface area contributed by atoms with Gasteiger partial charge in [-0.25, -0.2) is 9.97 Å². The topological polar surface area (TPSA) is 47.0 Å². The average Bonchev–Trinajstić information content (AvgIpc) is 2.41. The molecule has 1 atom stereocenters. The van der Waals surface area contributed by atoms with Crippen LogP contribution in [0.25, 0.3) is 0 Å². The molecular formula is C16H29N3O. The first-order chi connectivity index (χ1) is 9.58. The third-order valence-electron chi connectivity index (χ3n) is 3.34. The van der Waals surface area contributed by atoms with Gasteiger partial charge in [0.2, 0.25) is 0 Å². The standard InChI is InChI=1S/C16H29N3O/c1-6-8-20-11-16-18-13(4)15(14(5)19-16)9-12(3)10-17-7-2/h12,17H,6-11H2,1-5H3. The van der Waals surface area contributed by atoms with E-state index in [1.807, 2.05) is 0 Å². The van der Waals surface area contributed by atoms with E-state index in [1.165, 1.54) is 5.56 Å². The smallest absolute Gasteiger partial charge is 0.154 e. The number of nitrogens with zero attached hydrogens (tertiary/aromatic N) is 2. The molecule has 4 heteroatoms. The average molecular weight is 279 g/mol. The van der Waals surface area contributed by atoms with E-state index in [2.05, 4.69) is 49.9 Å². The van der Waals surface area contributed by atoms with E-state index in [0.29, 0.717) is 12.5 Å². The molecule has 0 aliphatic rings. The Hall–Kier alpha value is -1.00. The summed E-state index contributed by atoms with van der Waals surface area (Å²) in [7, 11) is 0. The molecule has 1 aromatic heterocycles. The first-order valence-corrected chi connectivity index (χ1v) is 7.69. The van der Waals surface area contributed by atoms with Crippen molar-refractivity contribution in [3.05, 3.63) is 22.8 Å². The van der Waals surface area contributed by atoms with Gasteiger partial charge in [-0.05, 0) is 51.3 Å². The van der Waals surface area contributed by atoms with Crippen molar-refractivity contribution >= 4 is 0 Å². The van der Waals surface area contributed by atoms with Gasteiger partial charge in [0.1, 0.15) is 6.61 Å². The van der Waals surface area contributed by atoms with Gasteiger partial charge in [0.15, 0.2) is 5.82 Å². The summed E-state index contributed by atoms with van der Waals surface area (Å²) in [5.74, 6) is 1.40. The van der Waals surface area contributed by atoms with Crippen molar-refractivity contribution in [1.82, 2.24) is 15.3 Å². The molecule has 0 amide bonds. The lowest BCUT2D eigenvalue weighted by Gasteiger charge is -2.16. The minimum atomic E-state index is 0.517. The van der Waals surface area contributed by atoms with Crippen molar-refractivity contribution in [3.8, 4) is 0 Å². The molecule has 1 N–H and O–H groups in total. The maximum Gasteiger partial charge on any atom is 0.154 e. The highest BCUT2D eigenvalue weighted by Gasteiger charge is 2.12. The Bertz CT molecular complexity index is 384. The van der Waals surface area contributed by atoms with Gasteiger partial charge >= 0.3 is 0 Å². The Morgan fingerprint density at radius 2 is 1.80 bits per heavy atom. The molecule has 0 saturated carbocycles. The van der Waals surface area contributed by atoms with E-state index in [0.717, 1.165) is 49.8 Å². The van der Waals surface area contributed by atoms with Crippen LogP contribution in [0.15, 0.2) is 0 Å². The zero-order valence-electron chi connectivity index (χ0n) is 13.6. The highest BCUT2D eigenvalue weighted by Crippen LogP contribution is 2.15. The lowest BCUT2D eigenvalue weighted by molar-refractivity contribution is 0.115. The van der Waals surface area contributed by atoms with Crippen molar-refractivity contribution in [2.45, 2.75) is 54.1 Å². The summed E-state index contributed by atoms with van der Waals surface area (Å²) in [4.78, 5) is 9.17. The second-order valence-electron chi connectivity index (χ2n) is 5.46. The fraction of sp³-hybridized carbons (Fsp3) is 0.750. The molecule has 1 aromatic rings. The maximum atomic E-state index is 5.52. The highest BCUT2D eigenvalue weighted by atomic mass is 16.5. The van der Waals surface area contributed by atoms with Gasteiger partial charge in [0.25, 0.3) is 0 Å². The Labute approximate surface area is 123 Å². The zero-order chi connectivity index (χ0) is 15.0. The predicted octanol–water partition coefficient (Wildman–Crippen LogP) is 2.81. The van der Waals surface area contributed by atoms with Gasteiger partial charge < -0.3 is 10.1 Å². The summed E-state index contributed by atoms with van der Waals surface area (Å²) in [6, 6.07) is 0. The van der Waals surface area contributed by atoms with Crippen LogP contribution in [0.2, 0.25) is 0 Å². The van der Waals surface area contributed by atoms with E-state index in [9.17, 15) is 0 Å². The van der Waals surface area contributed by atoms with E-state index in [4.69, 9.17) is 4.74 Å². The molecule has 0 saturated heterocycles. The monoisotopic (exact) mass is 279 g/mol. The van der Waals surface area contributed by atoms with Crippen LogP contribution in [-0.4, -0.2) is 29.7 Å². The van der Waals surface area contributed by atoms with Crippen LogP contribution in [-0.2, 0) is 17.8 Å². The summed E-state index contributed by atoms with van der Waals surface area (Å²) in [6.07, 6.45) is 2.05. The molecule has 0 radical (unpaired) electrons. The van der Waals surface area contributed by atoms with Crippen LogP contribution in [0.1, 0.15) is 50.0 Å². The predicted molar refractivity (Wildman–Crippen MR) is 82.9 cm³/mol. The Kier molecular flexibility index (Phi) is 7.70. The van der Waals surface area contributed by atoms with Crippen LogP contribution in [0, 0.1) is 19.8 Å². The molecule has 114 valence electrons. The fourth-order valence-corrected chi connectivity index (χ4v) is 2.29. The first kappa shape index (κ1) is 17.1. The van der Waals surface area contributed by atoms with Crippen molar-refractivity contribution in [3.63, 3.8) is 0 Å². The molecular weight excluding hydrogens is 250 g/mol. The minimum Gasteiger partial charge on any atom is -0.373 e. The molecule has 0 aromatic carbocycles. The summed E-state index contributed by atoms with van der Waals surface area (Å²) >= 11 is 0. The van der Waals surface area contributed by atoms with Crippen LogP contribution >= 0.6 is 0 Å². The molecule has 0 aliphatic heterocycles. The zero-order valence-corrected chi connectivity index (χ0v) is 13.6. The largest absolute Gasteiger partial charge is 0.373 e. The molecule has 0 spiro atoms. The van der Waals surface area contributed by atoms with Crippen molar-refractivity contribution in [1.29, 1.82) is 0 Å². The Morgan fingerprint density at radius 1 is 1.15 bits per heavy atom. The lowest BCUT2D eigenvalue weighted by Crippen LogP contribution is -2.23.